The minimum Gasteiger partial charge on any atom is -0.549 e. The first kappa shape index (κ1) is 17.9. The first-order valence-corrected chi connectivity index (χ1v) is 6.39. The maximum atomic E-state index is 10.6. The molecule has 0 saturated heterocycles. The van der Waals surface area contributed by atoms with Crippen LogP contribution in [0.1, 0.15) is 23.3 Å². The zero-order valence-electron chi connectivity index (χ0n) is 11.9. The quantitative estimate of drug-likeness (QED) is 0.593. The van der Waals surface area contributed by atoms with Crippen LogP contribution in [0, 0.1) is 0 Å². The standard InChI is InChI=1S/C16H17NO3.Na/c18-14(19)11-17-15(12-7-3-1-4-8-12)16(20)13-9-5-2-6-10-13;/h1-10,15-17,20H,11H2,(H,18,19);/q;+1/p-1/t15-,16-;/m0./s1. The van der Waals surface area contributed by atoms with Gasteiger partial charge in [0.1, 0.15) is 0 Å². The van der Waals surface area contributed by atoms with E-state index in [0.717, 1.165) is 11.1 Å². The molecule has 4 nitrogen and oxygen atoms in total. The Kier molecular flexibility index (Phi) is 7.64. The van der Waals surface area contributed by atoms with Crippen molar-refractivity contribution in [2.45, 2.75) is 12.1 Å². The molecular formula is C16H16NNaO3. The summed E-state index contributed by atoms with van der Waals surface area (Å²) in [5.74, 6) is -1.20. The van der Waals surface area contributed by atoms with Gasteiger partial charge in [0, 0.05) is 6.54 Å². The number of carbonyl (C=O) groups excluding carboxylic acids is 1. The Morgan fingerprint density at radius 3 is 1.95 bits per heavy atom. The SMILES string of the molecule is O=C([O-])CN[C@@H](c1ccccc1)[C@@H](O)c1ccccc1.[Na+]. The van der Waals surface area contributed by atoms with Gasteiger partial charge in [0.15, 0.2) is 0 Å². The van der Waals surface area contributed by atoms with Crippen molar-refractivity contribution < 1.29 is 44.6 Å². The summed E-state index contributed by atoms with van der Waals surface area (Å²) in [5.41, 5.74) is 1.55. The van der Waals surface area contributed by atoms with Gasteiger partial charge in [-0.1, -0.05) is 60.7 Å². The van der Waals surface area contributed by atoms with Crippen molar-refractivity contribution in [2.24, 2.45) is 0 Å². The first-order valence-electron chi connectivity index (χ1n) is 6.39. The van der Waals surface area contributed by atoms with Crippen molar-refractivity contribution in [1.82, 2.24) is 5.32 Å². The Morgan fingerprint density at radius 2 is 1.48 bits per heavy atom. The van der Waals surface area contributed by atoms with Crippen LogP contribution in [0.2, 0.25) is 0 Å². The Balaban J connectivity index is 0.00000220. The van der Waals surface area contributed by atoms with Gasteiger partial charge in [-0.15, -0.1) is 0 Å². The van der Waals surface area contributed by atoms with Crippen LogP contribution in [-0.2, 0) is 4.79 Å². The molecule has 0 saturated carbocycles. The molecule has 0 aliphatic carbocycles. The van der Waals surface area contributed by atoms with Gasteiger partial charge in [-0.2, -0.15) is 0 Å². The third-order valence-electron chi connectivity index (χ3n) is 3.08. The normalized spacial score (nSPS) is 13.0. The molecule has 0 heterocycles. The molecular weight excluding hydrogens is 277 g/mol. The van der Waals surface area contributed by atoms with Crippen LogP contribution in [0.15, 0.2) is 60.7 Å². The van der Waals surface area contributed by atoms with Crippen LogP contribution in [-0.4, -0.2) is 17.6 Å². The van der Waals surface area contributed by atoms with Crippen LogP contribution in [0.3, 0.4) is 0 Å². The zero-order chi connectivity index (χ0) is 14.4. The first-order chi connectivity index (χ1) is 9.68. The van der Waals surface area contributed by atoms with Crippen molar-refractivity contribution in [3.8, 4) is 0 Å². The van der Waals surface area contributed by atoms with Gasteiger partial charge in [0.05, 0.1) is 18.1 Å². The maximum Gasteiger partial charge on any atom is 1.00 e. The van der Waals surface area contributed by atoms with E-state index in [0.29, 0.717) is 0 Å². The second-order valence-electron chi connectivity index (χ2n) is 4.50. The minimum atomic E-state index is -1.20. The summed E-state index contributed by atoms with van der Waals surface area (Å²) in [6.45, 7) is -0.316. The Bertz CT molecular complexity index is 548. The third kappa shape index (κ3) is 5.26. The van der Waals surface area contributed by atoms with E-state index in [1.54, 1.807) is 12.1 Å². The van der Waals surface area contributed by atoms with Crippen molar-refractivity contribution in [1.29, 1.82) is 0 Å². The summed E-state index contributed by atoms with van der Waals surface area (Å²) >= 11 is 0. The molecule has 2 rings (SSSR count). The molecule has 2 N–H and O–H groups in total. The number of benzene rings is 2. The molecule has 0 aromatic heterocycles. The van der Waals surface area contributed by atoms with E-state index in [1.807, 2.05) is 48.5 Å². The van der Waals surface area contributed by atoms with Gasteiger partial charge in [-0.05, 0) is 11.1 Å². The fourth-order valence-corrected chi connectivity index (χ4v) is 2.11. The molecule has 0 aliphatic rings. The average Bonchev–Trinajstić information content (AvgIpc) is 2.49. The molecule has 0 aliphatic heterocycles. The number of aliphatic hydroxyl groups is 1. The summed E-state index contributed by atoms with van der Waals surface area (Å²) in [7, 11) is 0. The van der Waals surface area contributed by atoms with Crippen LogP contribution in [0.4, 0.5) is 0 Å². The fraction of sp³-hybridized carbons (Fsp3) is 0.188. The van der Waals surface area contributed by atoms with Crippen molar-refractivity contribution in [2.75, 3.05) is 6.54 Å². The van der Waals surface area contributed by atoms with Crippen LogP contribution in [0.25, 0.3) is 0 Å². The summed E-state index contributed by atoms with van der Waals surface area (Å²) in [6.07, 6.45) is -0.835. The number of hydrogen-bond acceptors (Lipinski definition) is 4. The van der Waals surface area contributed by atoms with Crippen molar-refractivity contribution >= 4 is 5.97 Å². The van der Waals surface area contributed by atoms with Gasteiger partial charge in [0.25, 0.3) is 0 Å². The van der Waals surface area contributed by atoms with Crippen LogP contribution in [0.5, 0.6) is 0 Å². The van der Waals surface area contributed by atoms with Gasteiger partial charge >= 0.3 is 29.6 Å². The summed E-state index contributed by atoms with van der Waals surface area (Å²) in [5, 5.41) is 23.9. The number of hydrogen-bond donors (Lipinski definition) is 2. The average molecular weight is 293 g/mol. The van der Waals surface area contributed by atoms with E-state index < -0.39 is 18.1 Å². The van der Waals surface area contributed by atoms with Gasteiger partial charge < -0.3 is 20.3 Å². The number of nitrogens with one attached hydrogen (secondary N) is 1. The van der Waals surface area contributed by atoms with E-state index in [4.69, 9.17) is 0 Å². The number of aliphatic hydroxyl groups excluding tert-OH is 1. The summed E-state index contributed by atoms with van der Waals surface area (Å²) in [4.78, 5) is 10.6. The molecule has 0 unspecified atom stereocenters. The predicted octanol–water partition coefficient (Wildman–Crippen LogP) is -2.20. The van der Waals surface area contributed by atoms with Crippen LogP contribution >= 0.6 is 0 Å². The smallest absolute Gasteiger partial charge is 0.549 e. The van der Waals surface area contributed by atoms with Crippen LogP contribution < -0.4 is 40.0 Å². The fourth-order valence-electron chi connectivity index (χ4n) is 2.11. The molecule has 0 bridgehead atoms. The second-order valence-corrected chi connectivity index (χ2v) is 4.50. The molecule has 0 spiro atoms. The van der Waals surface area contributed by atoms with Gasteiger partial charge in [-0.3, -0.25) is 0 Å². The Morgan fingerprint density at radius 1 is 1.00 bits per heavy atom. The topological polar surface area (TPSA) is 72.4 Å². The molecule has 2 aromatic carbocycles. The number of carboxylic acids is 1. The van der Waals surface area contributed by atoms with E-state index in [9.17, 15) is 15.0 Å². The van der Waals surface area contributed by atoms with E-state index in [1.165, 1.54) is 0 Å². The number of aliphatic carboxylic acids is 1. The van der Waals surface area contributed by atoms with E-state index >= 15 is 0 Å². The number of carboxylic acid groups (broad SMARTS) is 1. The van der Waals surface area contributed by atoms with Crippen molar-refractivity contribution in [3.05, 3.63) is 71.8 Å². The number of rotatable bonds is 6. The zero-order valence-corrected chi connectivity index (χ0v) is 13.9. The molecule has 2 aromatic rings. The maximum absolute atomic E-state index is 10.6. The molecule has 5 heteroatoms. The summed E-state index contributed by atoms with van der Waals surface area (Å²) in [6, 6.07) is 17.9. The Labute approximate surface area is 146 Å². The molecule has 104 valence electrons. The third-order valence-corrected chi connectivity index (χ3v) is 3.08. The Hall–Kier alpha value is -1.17. The van der Waals surface area contributed by atoms with E-state index in [-0.39, 0.29) is 36.1 Å². The monoisotopic (exact) mass is 293 g/mol. The molecule has 0 radical (unpaired) electrons. The molecule has 0 amide bonds. The number of carbonyl (C=O) groups is 1. The largest absolute Gasteiger partial charge is 1.00 e. The van der Waals surface area contributed by atoms with Gasteiger partial charge in [0.2, 0.25) is 0 Å². The minimum absolute atomic E-state index is 0. The predicted molar refractivity (Wildman–Crippen MR) is 73.6 cm³/mol. The molecule has 0 fully saturated rings. The summed E-state index contributed by atoms with van der Waals surface area (Å²) < 4.78 is 0. The second kappa shape index (κ2) is 8.97. The molecule has 21 heavy (non-hydrogen) atoms. The molecule has 2 atom stereocenters. The van der Waals surface area contributed by atoms with Gasteiger partial charge in [-0.25, -0.2) is 0 Å². The van der Waals surface area contributed by atoms with Crippen molar-refractivity contribution in [3.63, 3.8) is 0 Å². The van der Waals surface area contributed by atoms with E-state index in [2.05, 4.69) is 5.32 Å².